The third kappa shape index (κ3) is 5.05. The number of ether oxygens (including phenoxy) is 1. The molecule has 2 aromatic carbocycles. The van der Waals surface area contributed by atoms with Crippen LogP contribution >= 0.6 is 0 Å². The van der Waals surface area contributed by atoms with E-state index in [1.807, 2.05) is 42.5 Å². The highest BCUT2D eigenvalue weighted by molar-refractivity contribution is 5.83. The normalized spacial score (nSPS) is 13.7. The smallest absolute Gasteiger partial charge is 0.248 e. The number of carbonyl (C=O) groups is 1. The summed E-state index contributed by atoms with van der Waals surface area (Å²) in [6, 6.07) is 13.8. The molecule has 0 spiro atoms. The van der Waals surface area contributed by atoms with Crippen LogP contribution in [0.4, 0.5) is 0 Å². The molecule has 23 heavy (non-hydrogen) atoms. The topological polar surface area (TPSA) is 58.6 Å². The number of aliphatic hydroxyl groups is 1. The van der Waals surface area contributed by atoms with E-state index in [9.17, 15) is 9.90 Å². The molecule has 0 saturated carbocycles. The number of amides is 1. The highest BCUT2D eigenvalue weighted by Crippen LogP contribution is 2.20. The second-order valence-electron chi connectivity index (χ2n) is 5.73. The Morgan fingerprint density at radius 1 is 1.22 bits per heavy atom. The lowest BCUT2D eigenvalue weighted by atomic mass is 10.0. The largest absolute Gasteiger partial charge is 0.387 e. The van der Waals surface area contributed by atoms with Crippen LogP contribution < -0.4 is 5.32 Å². The Morgan fingerprint density at radius 3 is 2.70 bits per heavy atom. The molecule has 1 amide bonds. The average molecular weight is 315 g/mol. The molecule has 0 aliphatic rings. The van der Waals surface area contributed by atoms with Crippen LogP contribution in [-0.4, -0.2) is 30.3 Å². The summed E-state index contributed by atoms with van der Waals surface area (Å²) >= 11 is 0. The monoisotopic (exact) mass is 315 g/mol. The van der Waals surface area contributed by atoms with Crippen molar-refractivity contribution in [3.05, 3.63) is 48.0 Å². The number of carbonyl (C=O) groups excluding carboxylic acids is 1. The molecule has 124 valence electrons. The zero-order chi connectivity index (χ0) is 16.7. The van der Waals surface area contributed by atoms with Gasteiger partial charge >= 0.3 is 0 Å². The van der Waals surface area contributed by atoms with Crippen molar-refractivity contribution >= 4 is 16.7 Å². The van der Waals surface area contributed by atoms with Crippen molar-refractivity contribution < 1.29 is 14.6 Å². The number of benzene rings is 2. The van der Waals surface area contributed by atoms with Crippen LogP contribution in [-0.2, 0) is 9.53 Å². The minimum atomic E-state index is -0.730. The average Bonchev–Trinajstić information content (AvgIpc) is 2.59. The van der Waals surface area contributed by atoms with Gasteiger partial charge in [0.2, 0.25) is 5.91 Å². The molecule has 2 atom stereocenters. The van der Waals surface area contributed by atoms with Gasteiger partial charge in [-0.05, 0) is 35.7 Å². The quantitative estimate of drug-likeness (QED) is 0.736. The van der Waals surface area contributed by atoms with Crippen LogP contribution in [0.3, 0.4) is 0 Å². The lowest BCUT2D eigenvalue weighted by Crippen LogP contribution is -2.37. The summed E-state index contributed by atoms with van der Waals surface area (Å²) in [6.45, 7) is 4.57. The van der Waals surface area contributed by atoms with Gasteiger partial charge in [-0.2, -0.15) is 0 Å². The molecule has 0 aromatic heterocycles. The number of rotatable bonds is 8. The van der Waals surface area contributed by atoms with Crippen LogP contribution in [0.25, 0.3) is 10.8 Å². The van der Waals surface area contributed by atoms with Crippen LogP contribution in [0.2, 0.25) is 0 Å². The summed E-state index contributed by atoms with van der Waals surface area (Å²) in [5, 5.41) is 15.2. The van der Waals surface area contributed by atoms with Crippen molar-refractivity contribution in [2.75, 3.05) is 13.2 Å². The maximum Gasteiger partial charge on any atom is 0.248 e. The fourth-order valence-corrected chi connectivity index (χ4v) is 2.35. The van der Waals surface area contributed by atoms with Crippen molar-refractivity contribution in [3.8, 4) is 0 Å². The van der Waals surface area contributed by atoms with E-state index < -0.39 is 12.2 Å². The molecular weight excluding hydrogens is 290 g/mol. The zero-order valence-electron chi connectivity index (χ0n) is 13.8. The Kier molecular flexibility index (Phi) is 6.56. The van der Waals surface area contributed by atoms with Gasteiger partial charge in [0, 0.05) is 13.2 Å². The van der Waals surface area contributed by atoms with E-state index in [1.165, 1.54) is 0 Å². The highest BCUT2D eigenvalue weighted by atomic mass is 16.5. The van der Waals surface area contributed by atoms with Gasteiger partial charge in [-0.25, -0.2) is 0 Å². The number of nitrogens with one attached hydrogen (secondary N) is 1. The molecule has 0 bridgehead atoms. The molecule has 2 unspecified atom stereocenters. The first-order valence-electron chi connectivity index (χ1n) is 8.18. The predicted molar refractivity (Wildman–Crippen MR) is 92.2 cm³/mol. The standard InChI is InChI=1S/C19H25NO3/c1-3-4-11-23-14(2)19(22)20-13-18(21)17-10-9-15-7-5-6-8-16(15)12-17/h5-10,12,14,18,21H,3-4,11,13H2,1-2H3,(H,20,22). The molecular formula is C19H25NO3. The van der Waals surface area contributed by atoms with Crippen LogP contribution in [0, 0.1) is 0 Å². The molecule has 0 saturated heterocycles. The van der Waals surface area contributed by atoms with Crippen molar-refractivity contribution in [2.24, 2.45) is 0 Å². The lowest BCUT2D eigenvalue weighted by molar-refractivity contribution is -0.132. The first-order valence-corrected chi connectivity index (χ1v) is 8.18. The molecule has 0 heterocycles. The molecule has 4 heteroatoms. The second-order valence-corrected chi connectivity index (χ2v) is 5.73. The Labute approximate surface area is 137 Å². The van der Waals surface area contributed by atoms with E-state index in [-0.39, 0.29) is 12.5 Å². The molecule has 2 N–H and O–H groups in total. The van der Waals surface area contributed by atoms with Gasteiger partial charge in [0.05, 0.1) is 6.10 Å². The van der Waals surface area contributed by atoms with E-state index in [2.05, 4.69) is 12.2 Å². The maximum absolute atomic E-state index is 11.9. The van der Waals surface area contributed by atoms with Crippen molar-refractivity contribution in [1.82, 2.24) is 5.32 Å². The van der Waals surface area contributed by atoms with Crippen molar-refractivity contribution in [3.63, 3.8) is 0 Å². The molecule has 0 fully saturated rings. The van der Waals surface area contributed by atoms with E-state index in [1.54, 1.807) is 6.92 Å². The molecule has 2 rings (SSSR count). The van der Waals surface area contributed by atoms with Gasteiger partial charge in [0.15, 0.2) is 0 Å². The molecule has 0 radical (unpaired) electrons. The third-order valence-corrected chi connectivity index (χ3v) is 3.86. The van der Waals surface area contributed by atoms with Gasteiger partial charge in [-0.1, -0.05) is 49.7 Å². The fourth-order valence-electron chi connectivity index (χ4n) is 2.35. The molecule has 0 aliphatic heterocycles. The summed E-state index contributed by atoms with van der Waals surface area (Å²) in [5.74, 6) is -0.194. The number of unbranched alkanes of at least 4 members (excludes halogenated alkanes) is 1. The van der Waals surface area contributed by atoms with Gasteiger partial charge in [-0.3, -0.25) is 4.79 Å². The van der Waals surface area contributed by atoms with Gasteiger partial charge < -0.3 is 15.2 Å². The van der Waals surface area contributed by atoms with Crippen LogP contribution in [0.15, 0.2) is 42.5 Å². The summed E-state index contributed by atoms with van der Waals surface area (Å²) in [6.07, 6.45) is 0.753. The highest BCUT2D eigenvalue weighted by Gasteiger charge is 2.15. The van der Waals surface area contributed by atoms with Gasteiger partial charge in [0.25, 0.3) is 0 Å². The Morgan fingerprint density at radius 2 is 1.96 bits per heavy atom. The second kappa shape index (κ2) is 8.65. The van der Waals surface area contributed by atoms with E-state index in [0.29, 0.717) is 6.61 Å². The number of fused-ring (bicyclic) bond motifs is 1. The minimum Gasteiger partial charge on any atom is -0.387 e. The number of aliphatic hydroxyl groups excluding tert-OH is 1. The van der Waals surface area contributed by atoms with Crippen LogP contribution in [0.5, 0.6) is 0 Å². The first-order chi connectivity index (χ1) is 11.1. The van der Waals surface area contributed by atoms with Gasteiger partial charge in [0.1, 0.15) is 6.10 Å². The lowest BCUT2D eigenvalue weighted by Gasteiger charge is -2.16. The summed E-state index contributed by atoms with van der Waals surface area (Å²) in [7, 11) is 0. The van der Waals surface area contributed by atoms with E-state index in [4.69, 9.17) is 4.74 Å². The maximum atomic E-state index is 11.9. The SMILES string of the molecule is CCCCOC(C)C(=O)NCC(O)c1ccc2ccccc2c1. The zero-order valence-corrected chi connectivity index (χ0v) is 13.8. The third-order valence-electron chi connectivity index (χ3n) is 3.86. The fraction of sp³-hybridized carbons (Fsp3) is 0.421. The molecule has 0 aliphatic carbocycles. The van der Waals surface area contributed by atoms with Crippen molar-refractivity contribution in [1.29, 1.82) is 0 Å². The van der Waals surface area contributed by atoms with Crippen LogP contribution in [0.1, 0.15) is 38.4 Å². The molecule has 2 aromatic rings. The summed E-state index contributed by atoms with van der Waals surface area (Å²) in [4.78, 5) is 11.9. The minimum absolute atomic E-state index is 0.179. The Bertz CT molecular complexity index is 641. The first kappa shape index (κ1) is 17.4. The van der Waals surface area contributed by atoms with Gasteiger partial charge in [-0.15, -0.1) is 0 Å². The van der Waals surface area contributed by atoms with E-state index >= 15 is 0 Å². The summed E-state index contributed by atoms with van der Waals surface area (Å²) in [5.41, 5.74) is 0.795. The Hall–Kier alpha value is -1.91. The Balaban J connectivity index is 1.87. The van der Waals surface area contributed by atoms with Crippen molar-refractivity contribution in [2.45, 2.75) is 38.9 Å². The predicted octanol–water partition coefficient (Wildman–Crippen LogP) is 3.19. The number of hydrogen-bond acceptors (Lipinski definition) is 3. The van der Waals surface area contributed by atoms with E-state index in [0.717, 1.165) is 29.2 Å². The summed E-state index contributed by atoms with van der Waals surface area (Å²) < 4.78 is 5.45. The number of hydrogen-bond donors (Lipinski definition) is 2. The molecule has 4 nitrogen and oxygen atoms in total.